The van der Waals surface area contributed by atoms with E-state index in [4.69, 9.17) is 5.73 Å². The van der Waals surface area contributed by atoms with E-state index in [1.165, 1.54) is 37.9 Å². The van der Waals surface area contributed by atoms with E-state index in [2.05, 4.69) is 49.1 Å². The topological polar surface area (TPSA) is 29.3 Å². The fraction of sp³-hybridized carbons (Fsp3) is 0.647. The Morgan fingerprint density at radius 2 is 1.79 bits per heavy atom. The van der Waals surface area contributed by atoms with E-state index >= 15 is 0 Å². The minimum absolute atomic E-state index is 0.144. The number of hydrogen-bond donors (Lipinski definition) is 1. The summed E-state index contributed by atoms with van der Waals surface area (Å²) in [5.74, 6) is 1.36. The molecule has 0 spiro atoms. The first-order valence-corrected chi connectivity index (χ1v) is 7.66. The van der Waals surface area contributed by atoms with Crippen LogP contribution in [-0.2, 0) is 0 Å². The summed E-state index contributed by atoms with van der Waals surface area (Å²) in [7, 11) is 0. The van der Waals surface area contributed by atoms with E-state index < -0.39 is 0 Å². The zero-order valence-corrected chi connectivity index (χ0v) is 12.2. The molecule has 0 bridgehead atoms. The Kier molecular flexibility index (Phi) is 3.40. The molecule has 3 rings (SSSR count). The predicted octanol–water partition coefficient (Wildman–Crippen LogP) is 2.99. The minimum atomic E-state index is 0.144. The van der Waals surface area contributed by atoms with Gasteiger partial charge in [-0.2, -0.15) is 0 Å². The van der Waals surface area contributed by atoms with Crippen molar-refractivity contribution in [2.24, 2.45) is 11.7 Å². The quantitative estimate of drug-likeness (QED) is 0.899. The summed E-state index contributed by atoms with van der Waals surface area (Å²) in [5.41, 5.74) is 8.24. The summed E-state index contributed by atoms with van der Waals surface area (Å²) < 4.78 is 0. The largest absolute Gasteiger partial charge is 0.326 e. The Balaban J connectivity index is 1.67. The lowest BCUT2D eigenvalue weighted by molar-refractivity contribution is 0.114. The molecule has 3 unspecified atom stereocenters. The summed E-state index contributed by atoms with van der Waals surface area (Å²) >= 11 is 0. The summed E-state index contributed by atoms with van der Waals surface area (Å²) in [6.45, 7) is 7.12. The first-order valence-electron chi connectivity index (χ1n) is 7.66. The van der Waals surface area contributed by atoms with Gasteiger partial charge in [-0.25, -0.2) is 0 Å². The van der Waals surface area contributed by atoms with Crippen LogP contribution >= 0.6 is 0 Å². The van der Waals surface area contributed by atoms with Crippen LogP contribution in [0.15, 0.2) is 30.3 Å². The predicted molar refractivity (Wildman–Crippen MR) is 80.2 cm³/mol. The van der Waals surface area contributed by atoms with Gasteiger partial charge in [0.15, 0.2) is 0 Å². The molecule has 104 valence electrons. The summed E-state index contributed by atoms with van der Waals surface area (Å²) in [6, 6.07) is 11.2. The number of rotatable bonds is 4. The van der Waals surface area contributed by atoms with Crippen LogP contribution in [0, 0.1) is 5.92 Å². The van der Waals surface area contributed by atoms with Crippen LogP contribution in [0.1, 0.15) is 44.6 Å². The molecule has 2 aliphatic rings. The Bertz CT molecular complexity index is 420. The normalized spacial score (nSPS) is 29.4. The van der Waals surface area contributed by atoms with Crippen LogP contribution in [0.4, 0.5) is 0 Å². The number of hydrogen-bond acceptors (Lipinski definition) is 2. The third-order valence-electron chi connectivity index (χ3n) is 5.27. The highest BCUT2D eigenvalue weighted by molar-refractivity contribution is 5.27. The molecule has 0 radical (unpaired) electrons. The van der Waals surface area contributed by atoms with Gasteiger partial charge < -0.3 is 5.73 Å². The molecule has 0 amide bonds. The molecule has 2 N–H and O–H groups in total. The average Bonchev–Trinajstić information content (AvgIpc) is 3.02. The maximum atomic E-state index is 6.62. The molecule has 1 aromatic rings. The van der Waals surface area contributed by atoms with Gasteiger partial charge in [-0.15, -0.1) is 0 Å². The Hall–Kier alpha value is -0.860. The van der Waals surface area contributed by atoms with Crippen molar-refractivity contribution in [2.75, 3.05) is 13.1 Å². The van der Waals surface area contributed by atoms with Crippen molar-refractivity contribution >= 4 is 0 Å². The molecule has 1 saturated carbocycles. The van der Waals surface area contributed by atoms with Crippen LogP contribution < -0.4 is 5.73 Å². The minimum Gasteiger partial charge on any atom is -0.326 e. The third-order valence-corrected chi connectivity index (χ3v) is 5.27. The molecular formula is C17H26N2. The van der Waals surface area contributed by atoms with Gasteiger partial charge in [0, 0.05) is 11.6 Å². The van der Waals surface area contributed by atoms with Gasteiger partial charge in [0.1, 0.15) is 0 Å². The van der Waals surface area contributed by atoms with Crippen molar-refractivity contribution in [3.63, 3.8) is 0 Å². The lowest BCUT2D eigenvalue weighted by Gasteiger charge is -2.41. The van der Waals surface area contributed by atoms with Gasteiger partial charge in [-0.1, -0.05) is 30.3 Å². The molecule has 1 aliphatic heterocycles. The van der Waals surface area contributed by atoms with Crippen molar-refractivity contribution in [2.45, 2.75) is 50.6 Å². The third kappa shape index (κ3) is 2.44. The molecule has 1 saturated heterocycles. The maximum Gasteiger partial charge on any atom is 0.0307 e. The number of benzene rings is 1. The Labute approximate surface area is 117 Å². The average molecular weight is 258 g/mol. The molecule has 19 heavy (non-hydrogen) atoms. The van der Waals surface area contributed by atoms with Gasteiger partial charge in [-0.3, -0.25) is 4.90 Å². The molecule has 0 aromatic heterocycles. The standard InChI is InChI=1S/C17H26N2/c1-17(2,19-10-6-7-11-19)16(18)15-12-14(15)13-8-4-3-5-9-13/h3-5,8-9,14-16H,6-7,10-12,18H2,1-2H3. The van der Waals surface area contributed by atoms with Gasteiger partial charge >= 0.3 is 0 Å². The molecule has 1 heterocycles. The fourth-order valence-electron chi connectivity index (χ4n) is 3.72. The monoisotopic (exact) mass is 258 g/mol. The molecule has 2 fully saturated rings. The fourth-order valence-corrected chi connectivity index (χ4v) is 3.72. The number of nitrogens with zero attached hydrogens (tertiary/aromatic N) is 1. The summed E-state index contributed by atoms with van der Waals surface area (Å²) in [5, 5.41) is 0. The highest BCUT2D eigenvalue weighted by atomic mass is 15.2. The SMILES string of the molecule is CC(C)(C(N)C1CC1c1ccccc1)N1CCCC1. The Morgan fingerprint density at radius 1 is 1.16 bits per heavy atom. The molecule has 2 nitrogen and oxygen atoms in total. The first kappa shape index (κ1) is 13.1. The highest BCUT2D eigenvalue weighted by Gasteiger charge is 2.49. The van der Waals surface area contributed by atoms with Crippen molar-refractivity contribution in [1.29, 1.82) is 0 Å². The lowest BCUT2D eigenvalue weighted by Crippen LogP contribution is -2.56. The van der Waals surface area contributed by atoms with E-state index in [9.17, 15) is 0 Å². The smallest absolute Gasteiger partial charge is 0.0307 e. The van der Waals surface area contributed by atoms with E-state index in [0.717, 1.165) is 0 Å². The van der Waals surface area contributed by atoms with E-state index in [-0.39, 0.29) is 11.6 Å². The molecule has 1 aliphatic carbocycles. The van der Waals surface area contributed by atoms with Crippen LogP contribution in [-0.4, -0.2) is 29.6 Å². The van der Waals surface area contributed by atoms with E-state index in [1.54, 1.807) is 0 Å². The van der Waals surface area contributed by atoms with Gasteiger partial charge in [0.25, 0.3) is 0 Å². The Morgan fingerprint density at radius 3 is 2.42 bits per heavy atom. The van der Waals surface area contributed by atoms with Crippen LogP contribution in [0.5, 0.6) is 0 Å². The van der Waals surface area contributed by atoms with E-state index in [1.807, 2.05) is 0 Å². The van der Waals surface area contributed by atoms with Crippen LogP contribution in [0.3, 0.4) is 0 Å². The second-order valence-corrected chi connectivity index (χ2v) is 6.79. The van der Waals surface area contributed by atoms with Gasteiger partial charge in [0.2, 0.25) is 0 Å². The molecular weight excluding hydrogens is 232 g/mol. The summed E-state index contributed by atoms with van der Waals surface area (Å²) in [4.78, 5) is 2.60. The molecule has 1 aromatic carbocycles. The maximum absolute atomic E-state index is 6.62. The van der Waals surface area contributed by atoms with Crippen molar-refractivity contribution < 1.29 is 0 Å². The first-order chi connectivity index (χ1) is 9.10. The van der Waals surface area contributed by atoms with Crippen LogP contribution in [0.2, 0.25) is 0 Å². The highest BCUT2D eigenvalue weighted by Crippen LogP contribution is 2.51. The summed E-state index contributed by atoms with van der Waals surface area (Å²) in [6.07, 6.45) is 3.94. The number of likely N-dealkylation sites (tertiary alicyclic amines) is 1. The zero-order valence-electron chi connectivity index (χ0n) is 12.2. The van der Waals surface area contributed by atoms with Crippen molar-refractivity contribution in [3.8, 4) is 0 Å². The number of nitrogens with two attached hydrogens (primary N) is 1. The lowest BCUT2D eigenvalue weighted by atomic mass is 9.88. The second kappa shape index (κ2) is 4.92. The second-order valence-electron chi connectivity index (χ2n) is 6.79. The molecule has 2 heteroatoms. The van der Waals surface area contributed by atoms with Crippen LogP contribution in [0.25, 0.3) is 0 Å². The van der Waals surface area contributed by atoms with Gasteiger partial charge in [-0.05, 0) is 63.6 Å². The molecule has 3 atom stereocenters. The van der Waals surface area contributed by atoms with Gasteiger partial charge in [0.05, 0.1) is 0 Å². The van der Waals surface area contributed by atoms with Crippen molar-refractivity contribution in [1.82, 2.24) is 4.90 Å². The zero-order chi connectivity index (χ0) is 13.5. The van der Waals surface area contributed by atoms with Crippen molar-refractivity contribution in [3.05, 3.63) is 35.9 Å². The van der Waals surface area contributed by atoms with E-state index in [0.29, 0.717) is 11.8 Å².